The highest BCUT2D eigenvalue weighted by atomic mass is 35.5. The maximum atomic E-state index is 13.2. The lowest BCUT2D eigenvalue weighted by Gasteiger charge is -2.24. The van der Waals surface area contributed by atoms with Crippen molar-refractivity contribution >= 4 is 29.1 Å². The number of carbonyl (C=O) groups is 2. The Labute approximate surface area is 195 Å². The van der Waals surface area contributed by atoms with Crippen molar-refractivity contribution in [2.75, 3.05) is 14.2 Å². The molecule has 8 nitrogen and oxygen atoms in total. The van der Waals surface area contributed by atoms with Crippen LogP contribution in [0.25, 0.3) is 5.76 Å². The normalized spacial score (nSPS) is 17.3. The monoisotopic (exact) mass is 465 g/mol. The topological polar surface area (TPSA) is 102 Å². The van der Waals surface area contributed by atoms with Gasteiger partial charge in [0, 0.05) is 18.5 Å². The van der Waals surface area contributed by atoms with E-state index in [0.29, 0.717) is 17.1 Å². The molecular formula is C24H20ClN3O5. The summed E-state index contributed by atoms with van der Waals surface area (Å²) in [6.07, 6.45) is 3.16. The van der Waals surface area contributed by atoms with E-state index in [1.54, 1.807) is 48.8 Å². The number of ketones is 1. The summed E-state index contributed by atoms with van der Waals surface area (Å²) in [5, 5.41) is 11.5. The van der Waals surface area contributed by atoms with Crippen molar-refractivity contribution in [3.05, 3.63) is 88.5 Å². The van der Waals surface area contributed by atoms with Crippen molar-refractivity contribution in [1.82, 2.24) is 14.9 Å². The van der Waals surface area contributed by atoms with Crippen LogP contribution < -0.4 is 9.47 Å². The number of amides is 1. The van der Waals surface area contributed by atoms with E-state index in [1.807, 2.05) is 0 Å². The number of hydrogen-bond donors (Lipinski definition) is 1. The Kier molecular flexibility index (Phi) is 6.28. The van der Waals surface area contributed by atoms with Crippen LogP contribution in [0.1, 0.15) is 23.0 Å². The Morgan fingerprint density at radius 2 is 1.73 bits per heavy atom. The van der Waals surface area contributed by atoms with Gasteiger partial charge in [-0.2, -0.15) is 0 Å². The number of likely N-dealkylation sites (tertiary alicyclic amines) is 1. The van der Waals surface area contributed by atoms with Crippen LogP contribution in [0.3, 0.4) is 0 Å². The van der Waals surface area contributed by atoms with Crippen LogP contribution >= 0.6 is 11.6 Å². The molecular weight excluding hydrogens is 446 g/mol. The van der Waals surface area contributed by atoms with Gasteiger partial charge in [0.15, 0.2) is 0 Å². The smallest absolute Gasteiger partial charge is 0.296 e. The van der Waals surface area contributed by atoms with Gasteiger partial charge in [0.2, 0.25) is 0 Å². The average Bonchev–Trinajstić information content (AvgIpc) is 3.09. The fourth-order valence-corrected chi connectivity index (χ4v) is 3.99. The van der Waals surface area contributed by atoms with Gasteiger partial charge in [-0.3, -0.25) is 19.6 Å². The van der Waals surface area contributed by atoms with Crippen LogP contribution in [-0.2, 0) is 16.1 Å². The van der Waals surface area contributed by atoms with E-state index in [2.05, 4.69) is 9.97 Å². The van der Waals surface area contributed by atoms with Crippen LogP contribution in [-0.4, -0.2) is 45.9 Å². The Balaban J connectivity index is 1.90. The van der Waals surface area contributed by atoms with E-state index in [1.165, 1.54) is 31.3 Å². The van der Waals surface area contributed by atoms with E-state index in [0.717, 1.165) is 0 Å². The lowest BCUT2D eigenvalue weighted by molar-refractivity contribution is -0.140. The molecule has 33 heavy (non-hydrogen) atoms. The molecule has 0 spiro atoms. The summed E-state index contributed by atoms with van der Waals surface area (Å²) in [4.78, 5) is 36.2. The van der Waals surface area contributed by atoms with Gasteiger partial charge in [-0.25, -0.2) is 0 Å². The molecule has 1 aromatic carbocycles. The Morgan fingerprint density at radius 3 is 2.33 bits per heavy atom. The number of aromatic nitrogens is 2. The molecule has 1 amide bonds. The van der Waals surface area contributed by atoms with Gasteiger partial charge < -0.3 is 19.5 Å². The Bertz CT molecular complexity index is 1230. The molecule has 1 fully saturated rings. The fraction of sp³-hybridized carbons (Fsp3) is 0.167. The molecule has 168 valence electrons. The largest absolute Gasteiger partial charge is 0.507 e. The molecule has 1 aliphatic heterocycles. The van der Waals surface area contributed by atoms with Crippen molar-refractivity contribution in [3.8, 4) is 11.5 Å². The number of nitrogens with zero attached hydrogens (tertiary/aromatic N) is 3. The number of aliphatic hydroxyl groups is 1. The lowest BCUT2D eigenvalue weighted by Crippen LogP contribution is -2.29. The highest BCUT2D eigenvalue weighted by molar-refractivity contribution is 6.46. The predicted molar refractivity (Wildman–Crippen MR) is 121 cm³/mol. The fourth-order valence-electron chi connectivity index (χ4n) is 3.74. The SMILES string of the molecule is COc1cc(OC)c(/C(O)=C2\C(=O)C(=O)N(Cc3ccccn3)C2c2ccccn2)cc1Cl. The predicted octanol–water partition coefficient (Wildman–Crippen LogP) is 3.77. The maximum absolute atomic E-state index is 13.2. The van der Waals surface area contributed by atoms with Crippen LogP contribution in [0.4, 0.5) is 0 Å². The summed E-state index contributed by atoms with van der Waals surface area (Å²) in [5.74, 6) is -1.47. The van der Waals surface area contributed by atoms with Gasteiger partial charge in [-0.05, 0) is 30.3 Å². The van der Waals surface area contributed by atoms with Crippen molar-refractivity contribution in [3.63, 3.8) is 0 Å². The quantitative estimate of drug-likeness (QED) is 0.336. The zero-order valence-corrected chi connectivity index (χ0v) is 18.6. The van der Waals surface area contributed by atoms with E-state index < -0.39 is 23.5 Å². The minimum atomic E-state index is -0.932. The second-order valence-corrected chi connectivity index (χ2v) is 7.60. The summed E-state index contributed by atoms with van der Waals surface area (Å²) < 4.78 is 10.6. The number of methoxy groups -OCH3 is 2. The minimum Gasteiger partial charge on any atom is -0.507 e. The molecule has 0 radical (unpaired) electrons. The van der Waals surface area contributed by atoms with Gasteiger partial charge >= 0.3 is 0 Å². The number of benzene rings is 1. The summed E-state index contributed by atoms with van der Waals surface area (Å²) in [7, 11) is 2.86. The van der Waals surface area contributed by atoms with E-state index >= 15 is 0 Å². The van der Waals surface area contributed by atoms with Crippen LogP contribution in [0.5, 0.6) is 11.5 Å². The van der Waals surface area contributed by atoms with Gasteiger partial charge in [-0.1, -0.05) is 23.7 Å². The van der Waals surface area contributed by atoms with Crippen molar-refractivity contribution in [1.29, 1.82) is 0 Å². The first-order valence-corrected chi connectivity index (χ1v) is 10.3. The van der Waals surface area contributed by atoms with Crippen LogP contribution in [0.15, 0.2) is 66.5 Å². The number of carbonyl (C=O) groups excluding carboxylic acids is 2. The molecule has 0 aliphatic carbocycles. The van der Waals surface area contributed by atoms with Crippen molar-refractivity contribution in [2.45, 2.75) is 12.6 Å². The molecule has 1 unspecified atom stereocenters. The van der Waals surface area contributed by atoms with Crippen molar-refractivity contribution < 1.29 is 24.2 Å². The molecule has 1 aliphatic rings. The second-order valence-electron chi connectivity index (χ2n) is 7.19. The summed E-state index contributed by atoms with van der Waals surface area (Å²) in [6.45, 7) is 0.0595. The van der Waals surface area contributed by atoms with E-state index in [9.17, 15) is 14.7 Å². The summed E-state index contributed by atoms with van der Waals surface area (Å²) in [5.41, 5.74) is 1.05. The highest BCUT2D eigenvalue weighted by Gasteiger charge is 2.47. The van der Waals surface area contributed by atoms with E-state index in [4.69, 9.17) is 21.1 Å². The molecule has 1 atom stereocenters. The molecule has 4 rings (SSSR count). The number of aliphatic hydroxyl groups excluding tert-OH is 1. The number of hydrogen-bond acceptors (Lipinski definition) is 7. The van der Waals surface area contributed by atoms with E-state index in [-0.39, 0.29) is 28.5 Å². The minimum absolute atomic E-state index is 0.0595. The highest BCUT2D eigenvalue weighted by Crippen LogP contribution is 2.42. The molecule has 2 aromatic heterocycles. The third-order valence-corrected chi connectivity index (χ3v) is 5.59. The Hall–Kier alpha value is -3.91. The zero-order chi connectivity index (χ0) is 23.5. The standard InChI is InChI=1S/C24H20ClN3O5/c1-32-18-12-19(33-2)16(25)11-15(18)22(29)20-21(17-8-4-6-10-27-17)28(24(31)23(20)30)13-14-7-3-5-9-26-14/h3-12,21,29H,13H2,1-2H3/b22-20+. The van der Waals surface area contributed by atoms with Gasteiger partial charge in [0.1, 0.15) is 23.3 Å². The third kappa shape index (κ3) is 4.12. The van der Waals surface area contributed by atoms with Crippen LogP contribution in [0, 0.1) is 0 Å². The lowest BCUT2D eigenvalue weighted by atomic mass is 9.97. The van der Waals surface area contributed by atoms with Crippen LogP contribution in [0.2, 0.25) is 5.02 Å². The maximum Gasteiger partial charge on any atom is 0.296 e. The molecule has 1 saturated heterocycles. The average molecular weight is 466 g/mol. The van der Waals surface area contributed by atoms with Gasteiger partial charge in [0.25, 0.3) is 11.7 Å². The molecule has 0 saturated carbocycles. The zero-order valence-electron chi connectivity index (χ0n) is 17.9. The number of Topliss-reactive ketones (excluding diaryl/α,β-unsaturated/α-hetero) is 1. The molecule has 3 aromatic rings. The molecule has 9 heteroatoms. The molecule has 0 bridgehead atoms. The number of rotatable bonds is 6. The first-order valence-electron chi connectivity index (χ1n) is 9.97. The molecule has 1 N–H and O–H groups in total. The number of ether oxygens (including phenoxy) is 2. The third-order valence-electron chi connectivity index (χ3n) is 5.30. The first-order chi connectivity index (χ1) is 16.0. The Morgan fingerprint density at radius 1 is 1.03 bits per heavy atom. The summed E-state index contributed by atoms with van der Waals surface area (Å²) in [6, 6.07) is 12.4. The second kappa shape index (κ2) is 9.30. The number of pyridine rings is 2. The first kappa shape index (κ1) is 22.3. The number of halogens is 1. The molecule has 3 heterocycles. The summed E-state index contributed by atoms with van der Waals surface area (Å²) >= 11 is 6.27. The van der Waals surface area contributed by atoms with Gasteiger partial charge in [0.05, 0.1) is 48.3 Å². The van der Waals surface area contributed by atoms with Gasteiger partial charge in [-0.15, -0.1) is 0 Å². The van der Waals surface area contributed by atoms with Crippen molar-refractivity contribution in [2.24, 2.45) is 0 Å².